The number of rotatable bonds is 5. The van der Waals surface area contributed by atoms with Gasteiger partial charge < -0.3 is 10.1 Å². The van der Waals surface area contributed by atoms with Crippen molar-refractivity contribution in [2.24, 2.45) is 0 Å². The van der Waals surface area contributed by atoms with Crippen molar-refractivity contribution < 1.29 is 18.7 Å². The lowest BCUT2D eigenvalue weighted by Gasteiger charge is -2.21. The second-order valence-electron chi connectivity index (χ2n) is 6.69. The summed E-state index contributed by atoms with van der Waals surface area (Å²) in [4.78, 5) is 33.0. The molecule has 1 N–H and O–H groups in total. The van der Waals surface area contributed by atoms with Crippen LogP contribution in [0.5, 0.6) is 5.88 Å². The molecule has 1 aliphatic heterocycles. The van der Waals surface area contributed by atoms with Crippen molar-refractivity contribution in [3.05, 3.63) is 71.9 Å². The molecule has 0 aliphatic carbocycles. The van der Waals surface area contributed by atoms with Gasteiger partial charge in [0.1, 0.15) is 0 Å². The first-order valence-electron chi connectivity index (χ1n) is 9.69. The van der Waals surface area contributed by atoms with Crippen LogP contribution in [0, 0.1) is 11.8 Å². The molecule has 0 bridgehead atoms. The van der Waals surface area contributed by atoms with E-state index in [0.717, 1.165) is 15.5 Å². The van der Waals surface area contributed by atoms with E-state index in [4.69, 9.17) is 0 Å². The second kappa shape index (κ2) is 9.54. The number of aromatic nitrogens is 1. The molecule has 32 heavy (non-hydrogen) atoms. The van der Waals surface area contributed by atoms with Gasteiger partial charge in [-0.05, 0) is 43.3 Å². The van der Waals surface area contributed by atoms with Gasteiger partial charge in [0.15, 0.2) is 0 Å². The molecule has 0 saturated carbocycles. The third kappa shape index (κ3) is 4.43. The van der Waals surface area contributed by atoms with Crippen LogP contribution in [-0.4, -0.2) is 30.2 Å². The Morgan fingerprint density at radius 1 is 1.19 bits per heavy atom. The standard InChI is InChI=1S/C24H18FN3O3S/c1-2-3-12-28-19-10-9-17(27-23(29)16-8-11-22(26-14-16)31-15-25)13-21(19)32-20-7-5-4-6-18(20)24(28)30/h4-11,13-14H,12,15H2,1H3,(H,27,29). The molecule has 160 valence electrons. The van der Waals surface area contributed by atoms with Crippen LogP contribution in [-0.2, 0) is 0 Å². The zero-order valence-corrected chi connectivity index (χ0v) is 17.9. The van der Waals surface area contributed by atoms with Gasteiger partial charge in [0.25, 0.3) is 11.8 Å². The van der Waals surface area contributed by atoms with Gasteiger partial charge in [-0.1, -0.05) is 29.8 Å². The molecule has 2 amide bonds. The summed E-state index contributed by atoms with van der Waals surface area (Å²) >= 11 is 1.46. The number of anilines is 2. The maximum Gasteiger partial charge on any atom is 0.260 e. The molecule has 0 atom stereocenters. The minimum atomic E-state index is -0.988. The number of ether oxygens (including phenoxy) is 1. The van der Waals surface area contributed by atoms with Gasteiger partial charge in [0.05, 0.1) is 23.4 Å². The largest absolute Gasteiger partial charge is 0.446 e. The Hall–Kier alpha value is -3.83. The molecule has 1 aliphatic rings. The van der Waals surface area contributed by atoms with Crippen molar-refractivity contribution in [1.29, 1.82) is 0 Å². The molecule has 0 spiro atoms. The lowest BCUT2D eigenvalue weighted by atomic mass is 10.1. The van der Waals surface area contributed by atoms with E-state index < -0.39 is 6.86 Å². The molecule has 2 heterocycles. The maximum absolute atomic E-state index is 13.2. The predicted octanol–water partition coefficient (Wildman–Crippen LogP) is 4.77. The number of pyridine rings is 1. The molecule has 4 rings (SSSR count). The van der Waals surface area contributed by atoms with Gasteiger partial charge in [-0.3, -0.25) is 14.5 Å². The number of halogens is 1. The summed E-state index contributed by atoms with van der Waals surface area (Å²) in [5.74, 6) is 5.42. The highest BCUT2D eigenvalue weighted by Crippen LogP contribution is 2.42. The molecule has 6 nitrogen and oxygen atoms in total. The molecule has 0 saturated heterocycles. The number of fused-ring (bicyclic) bond motifs is 2. The van der Waals surface area contributed by atoms with Gasteiger partial charge in [-0.15, -0.1) is 5.92 Å². The van der Waals surface area contributed by atoms with E-state index in [1.807, 2.05) is 24.3 Å². The van der Waals surface area contributed by atoms with Crippen LogP contribution in [0.2, 0.25) is 0 Å². The van der Waals surface area contributed by atoms with Crippen LogP contribution in [0.25, 0.3) is 0 Å². The monoisotopic (exact) mass is 447 g/mol. The third-order valence-electron chi connectivity index (χ3n) is 4.71. The summed E-state index contributed by atoms with van der Waals surface area (Å²) in [5, 5.41) is 2.83. The predicted molar refractivity (Wildman–Crippen MR) is 121 cm³/mol. The van der Waals surface area contributed by atoms with Crippen molar-refractivity contribution in [1.82, 2.24) is 4.98 Å². The Morgan fingerprint density at radius 2 is 2.03 bits per heavy atom. The van der Waals surface area contributed by atoms with E-state index in [2.05, 4.69) is 26.9 Å². The zero-order chi connectivity index (χ0) is 22.5. The first kappa shape index (κ1) is 21.4. The number of carbonyl (C=O) groups excluding carboxylic acids is 2. The summed E-state index contributed by atoms with van der Waals surface area (Å²) in [6, 6.07) is 15.7. The minimum Gasteiger partial charge on any atom is -0.446 e. The van der Waals surface area contributed by atoms with Crippen LogP contribution in [0.1, 0.15) is 27.6 Å². The summed E-state index contributed by atoms with van der Waals surface area (Å²) in [5.41, 5.74) is 2.21. The van der Waals surface area contributed by atoms with Gasteiger partial charge in [0, 0.05) is 27.7 Å². The summed E-state index contributed by atoms with van der Waals surface area (Å²) in [7, 11) is 0. The van der Waals surface area contributed by atoms with Crippen LogP contribution in [0.3, 0.4) is 0 Å². The van der Waals surface area contributed by atoms with Gasteiger partial charge >= 0.3 is 0 Å². The number of alkyl halides is 1. The second-order valence-corrected chi connectivity index (χ2v) is 7.78. The topological polar surface area (TPSA) is 71.5 Å². The van der Waals surface area contributed by atoms with Gasteiger partial charge in [-0.2, -0.15) is 0 Å². The number of hydrogen-bond acceptors (Lipinski definition) is 5. The van der Waals surface area contributed by atoms with Gasteiger partial charge in [0.2, 0.25) is 12.7 Å². The highest BCUT2D eigenvalue weighted by atomic mass is 32.2. The Kier molecular flexibility index (Phi) is 6.38. The minimum absolute atomic E-state index is 0.101. The fourth-order valence-corrected chi connectivity index (χ4v) is 4.29. The number of nitrogens with one attached hydrogen (secondary N) is 1. The van der Waals surface area contributed by atoms with Crippen molar-refractivity contribution in [2.75, 3.05) is 23.6 Å². The van der Waals surface area contributed by atoms with E-state index in [-0.39, 0.29) is 24.2 Å². The third-order valence-corrected chi connectivity index (χ3v) is 5.83. The van der Waals surface area contributed by atoms with E-state index in [9.17, 15) is 14.0 Å². The summed E-state index contributed by atoms with van der Waals surface area (Å²) < 4.78 is 16.9. The van der Waals surface area contributed by atoms with E-state index in [1.54, 1.807) is 30.0 Å². The average Bonchev–Trinajstić information content (AvgIpc) is 2.92. The highest BCUT2D eigenvalue weighted by molar-refractivity contribution is 7.99. The smallest absolute Gasteiger partial charge is 0.260 e. The molecule has 3 aromatic rings. The Labute approximate surface area is 188 Å². The first-order chi connectivity index (χ1) is 15.6. The van der Waals surface area contributed by atoms with Crippen LogP contribution >= 0.6 is 11.8 Å². The van der Waals surface area contributed by atoms with Crippen LogP contribution < -0.4 is 15.0 Å². The van der Waals surface area contributed by atoms with Crippen molar-refractivity contribution in [2.45, 2.75) is 16.7 Å². The van der Waals surface area contributed by atoms with Gasteiger partial charge in [-0.25, -0.2) is 9.37 Å². The molecule has 0 radical (unpaired) electrons. The molecule has 8 heteroatoms. The van der Waals surface area contributed by atoms with E-state index in [1.165, 1.54) is 30.1 Å². The maximum atomic E-state index is 13.2. The normalized spacial score (nSPS) is 12.1. The molecule has 0 unspecified atom stereocenters. The SMILES string of the molecule is CC#CCN1C(=O)c2ccccc2Sc2cc(NC(=O)c3ccc(OCF)nc3)ccc21. The Balaban J connectivity index is 1.64. The molecular formula is C24H18FN3O3S. The van der Waals surface area contributed by atoms with Crippen molar-refractivity contribution >= 4 is 35.0 Å². The highest BCUT2D eigenvalue weighted by Gasteiger charge is 2.27. The number of benzene rings is 2. The summed E-state index contributed by atoms with van der Waals surface area (Å²) in [6.45, 7) is 1.01. The van der Waals surface area contributed by atoms with Crippen LogP contribution in [0.15, 0.2) is 70.6 Å². The average molecular weight is 447 g/mol. The van der Waals surface area contributed by atoms with Crippen molar-refractivity contribution in [3.63, 3.8) is 0 Å². The first-order valence-corrected chi connectivity index (χ1v) is 10.5. The fraction of sp³-hybridized carbons (Fsp3) is 0.125. The molecule has 0 fully saturated rings. The number of amides is 2. The number of carbonyl (C=O) groups is 2. The molecule has 2 aromatic carbocycles. The fourth-order valence-electron chi connectivity index (χ4n) is 3.18. The lowest BCUT2D eigenvalue weighted by molar-refractivity contribution is 0.0985. The lowest BCUT2D eigenvalue weighted by Crippen LogP contribution is -2.31. The summed E-state index contributed by atoms with van der Waals surface area (Å²) in [6.07, 6.45) is 1.32. The number of nitrogens with zero attached hydrogens (tertiary/aromatic N) is 2. The molecular weight excluding hydrogens is 429 g/mol. The van der Waals surface area contributed by atoms with Crippen molar-refractivity contribution in [3.8, 4) is 17.7 Å². The quantitative estimate of drug-likeness (QED) is 0.571. The number of hydrogen-bond donors (Lipinski definition) is 1. The zero-order valence-electron chi connectivity index (χ0n) is 17.1. The van der Waals surface area contributed by atoms with Crippen LogP contribution in [0.4, 0.5) is 15.8 Å². The van der Waals surface area contributed by atoms with E-state index in [0.29, 0.717) is 16.8 Å². The van der Waals surface area contributed by atoms with E-state index >= 15 is 0 Å². The molecule has 1 aromatic heterocycles. The Bertz CT molecular complexity index is 1240. The Morgan fingerprint density at radius 3 is 2.78 bits per heavy atom.